The molecular formula is C29H41FN8O5. The fraction of sp³-hybridized carbons (Fsp3) is 0.414. The van der Waals surface area contributed by atoms with Crippen LogP contribution in [0.15, 0.2) is 53.5 Å². The molecule has 234 valence electrons. The van der Waals surface area contributed by atoms with E-state index < -0.39 is 54.1 Å². The van der Waals surface area contributed by atoms with E-state index in [9.17, 15) is 28.7 Å². The van der Waals surface area contributed by atoms with E-state index in [1.165, 1.54) is 41.3 Å². The first kappa shape index (κ1) is 34.5. The second kappa shape index (κ2) is 17.3. The van der Waals surface area contributed by atoms with Crippen molar-refractivity contribution >= 4 is 29.6 Å². The molecule has 0 aromatic heterocycles. The monoisotopic (exact) mass is 600 g/mol. The first-order chi connectivity index (χ1) is 20.4. The third-order valence-corrected chi connectivity index (χ3v) is 6.74. The van der Waals surface area contributed by atoms with E-state index in [1.54, 1.807) is 26.1 Å². The molecule has 0 fully saturated rings. The summed E-state index contributed by atoms with van der Waals surface area (Å²) in [4.78, 5) is 56.8. The molecule has 2 rings (SSSR count). The highest BCUT2D eigenvalue weighted by Crippen LogP contribution is 2.13. The molecule has 2 aromatic carbocycles. The summed E-state index contributed by atoms with van der Waals surface area (Å²) in [5, 5.41) is 17.7. The van der Waals surface area contributed by atoms with E-state index in [-0.39, 0.29) is 44.1 Å². The van der Waals surface area contributed by atoms with Crippen molar-refractivity contribution in [1.29, 1.82) is 0 Å². The molecule has 3 unspecified atom stereocenters. The number of aromatic hydroxyl groups is 1. The van der Waals surface area contributed by atoms with Gasteiger partial charge in [-0.2, -0.15) is 0 Å². The van der Waals surface area contributed by atoms with Gasteiger partial charge in [-0.25, -0.2) is 4.39 Å². The third kappa shape index (κ3) is 11.6. The van der Waals surface area contributed by atoms with Crippen LogP contribution in [0.25, 0.3) is 0 Å². The van der Waals surface area contributed by atoms with Crippen LogP contribution in [0.4, 0.5) is 4.39 Å². The molecule has 14 heteroatoms. The number of rotatable bonds is 17. The Morgan fingerprint density at radius 3 is 2.09 bits per heavy atom. The van der Waals surface area contributed by atoms with Gasteiger partial charge in [-0.05, 0) is 68.6 Å². The maximum absolute atomic E-state index is 13.3. The molecule has 0 bridgehead atoms. The normalized spacial score (nSPS) is 12.8. The Hall–Kier alpha value is -4.72. The lowest BCUT2D eigenvalue weighted by atomic mass is 10.0. The summed E-state index contributed by atoms with van der Waals surface area (Å²) in [6.45, 7) is 1.56. The van der Waals surface area contributed by atoms with Crippen LogP contribution in [0.3, 0.4) is 0 Å². The molecular weight excluding hydrogens is 559 g/mol. The van der Waals surface area contributed by atoms with Gasteiger partial charge in [0.1, 0.15) is 23.7 Å². The fourth-order valence-corrected chi connectivity index (χ4v) is 4.40. The predicted molar refractivity (Wildman–Crippen MR) is 160 cm³/mol. The van der Waals surface area contributed by atoms with Gasteiger partial charge < -0.3 is 43.2 Å². The molecule has 0 radical (unpaired) electrons. The predicted octanol–water partition coefficient (Wildman–Crippen LogP) is -0.738. The molecule has 0 aliphatic carbocycles. The van der Waals surface area contributed by atoms with Gasteiger partial charge in [-0.3, -0.25) is 24.2 Å². The second-order valence-electron chi connectivity index (χ2n) is 9.87. The van der Waals surface area contributed by atoms with Gasteiger partial charge in [0.05, 0.1) is 12.6 Å². The van der Waals surface area contributed by atoms with Gasteiger partial charge in [0.15, 0.2) is 5.96 Å². The number of phenolic OH excluding ortho intramolecular Hbond substituents is 1. The van der Waals surface area contributed by atoms with Crippen molar-refractivity contribution in [2.75, 3.05) is 26.7 Å². The minimum absolute atomic E-state index is 0.0685. The molecule has 10 N–H and O–H groups in total. The van der Waals surface area contributed by atoms with Crippen LogP contribution in [0.2, 0.25) is 0 Å². The van der Waals surface area contributed by atoms with Gasteiger partial charge in [0, 0.05) is 19.5 Å². The number of phenols is 1. The average Bonchev–Trinajstić information content (AvgIpc) is 2.97. The summed E-state index contributed by atoms with van der Waals surface area (Å²) in [5.41, 5.74) is 17.7. The molecule has 0 saturated heterocycles. The van der Waals surface area contributed by atoms with Crippen LogP contribution in [-0.4, -0.2) is 84.4 Å². The number of carbonyl (C=O) groups is 4. The number of likely N-dealkylation sites (N-methyl/N-ethyl adjacent to an activating group) is 2. The summed E-state index contributed by atoms with van der Waals surface area (Å²) >= 11 is 0. The van der Waals surface area contributed by atoms with Gasteiger partial charge in [-0.15, -0.1) is 0 Å². The molecule has 13 nitrogen and oxygen atoms in total. The van der Waals surface area contributed by atoms with Gasteiger partial charge >= 0.3 is 0 Å². The zero-order valence-corrected chi connectivity index (χ0v) is 24.4. The van der Waals surface area contributed by atoms with E-state index in [0.29, 0.717) is 12.0 Å². The SMILES string of the molecule is CCN(C(=O)CNC(=O)C(CCCN=C(N)N)NC(=O)C(Cc1ccc(O)cc1)NC)C(Cc1ccc(F)cc1)C(N)=O. The molecule has 0 aliphatic rings. The smallest absolute Gasteiger partial charge is 0.243 e. The van der Waals surface area contributed by atoms with Crippen LogP contribution < -0.4 is 33.2 Å². The third-order valence-electron chi connectivity index (χ3n) is 6.74. The number of hydrogen-bond donors (Lipinski definition) is 7. The highest BCUT2D eigenvalue weighted by molar-refractivity contribution is 5.93. The Bertz CT molecular complexity index is 1250. The number of nitrogens with one attached hydrogen (secondary N) is 3. The minimum Gasteiger partial charge on any atom is -0.508 e. The van der Waals surface area contributed by atoms with Crippen LogP contribution in [0.5, 0.6) is 5.75 Å². The number of nitrogens with two attached hydrogens (primary N) is 3. The number of guanidine groups is 1. The van der Waals surface area contributed by atoms with Crippen LogP contribution >= 0.6 is 0 Å². The quantitative estimate of drug-likeness (QED) is 0.0695. The molecule has 0 saturated carbocycles. The number of amides is 4. The van der Waals surface area contributed by atoms with Crippen LogP contribution in [0, 0.1) is 5.82 Å². The molecule has 0 heterocycles. The standard InChI is InChI=1S/C29H41FN8O5/c1-3-38(24(26(31)41)16-19-6-10-20(30)11-7-19)25(40)17-36-27(42)22(5-4-14-35-29(32)33)37-28(43)23(34-2)15-18-8-12-21(39)13-9-18/h6-13,22-24,34,39H,3-5,14-17H2,1-2H3,(H2,31,41)(H,36,42)(H,37,43)(H4,32,33,35). The maximum atomic E-state index is 13.3. The number of aliphatic imine (C=N–C) groups is 1. The summed E-state index contributed by atoms with van der Waals surface area (Å²) in [6, 6.07) is 9.16. The number of benzene rings is 2. The Kier molecular flexibility index (Phi) is 13.9. The van der Waals surface area contributed by atoms with Crippen molar-refractivity contribution in [3.8, 4) is 5.75 Å². The van der Waals surface area contributed by atoms with E-state index in [2.05, 4.69) is 20.9 Å². The van der Waals surface area contributed by atoms with Crippen molar-refractivity contribution in [3.63, 3.8) is 0 Å². The zero-order chi connectivity index (χ0) is 31.9. The van der Waals surface area contributed by atoms with Crippen molar-refractivity contribution < 1.29 is 28.7 Å². The van der Waals surface area contributed by atoms with E-state index in [0.717, 1.165) is 5.56 Å². The Labute approximate surface area is 250 Å². The number of nitrogens with zero attached hydrogens (tertiary/aromatic N) is 2. The first-order valence-corrected chi connectivity index (χ1v) is 13.9. The zero-order valence-electron chi connectivity index (χ0n) is 24.4. The van der Waals surface area contributed by atoms with Crippen molar-refractivity contribution in [1.82, 2.24) is 20.9 Å². The van der Waals surface area contributed by atoms with E-state index in [1.807, 2.05) is 0 Å². The van der Waals surface area contributed by atoms with Gasteiger partial charge in [0.25, 0.3) is 0 Å². The first-order valence-electron chi connectivity index (χ1n) is 13.9. The highest BCUT2D eigenvalue weighted by Gasteiger charge is 2.29. The van der Waals surface area contributed by atoms with E-state index >= 15 is 0 Å². The molecule has 43 heavy (non-hydrogen) atoms. The lowest BCUT2D eigenvalue weighted by Gasteiger charge is -2.29. The summed E-state index contributed by atoms with van der Waals surface area (Å²) in [5.74, 6) is -2.82. The Balaban J connectivity index is 2.10. The lowest BCUT2D eigenvalue weighted by Crippen LogP contribution is -2.55. The number of primary amides is 1. The van der Waals surface area contributed by atoms with Crippen LogP contribution in [0.1, 0.15) is 30.9 Å². The number of halogens is 1. The lowest BCUT2D eigenvalue weighted by molar-refractivity contribution is -0.139. The summed E-state index contributed by atoms with van der Waals surface area (Å²) in [6.07, 6.45) is 0.884. The van der Waals surface area contributed by atoms with Gasteiger partial charge in [-0.1, -0.05) is 24.3 Å². The largest absolute Gasteiger partial charge is 0.508 e. The van der Waals surface area contributed by atoms with Crippen molar-refractivity contribution in [3.05, 3.63) is 65.5 Å². The van der Waals surface area contributed by atoms with Crippen LogP contribution in [-0.2, 0) is 32.0 Å². The number of hydrogen-bond acceptors (Lipinski definition) is 7. The molecule has 0 spiro atoms. The molecule has 3 atom stereocenters. The van der Waals surface area contributed by atoms with Crippen molar-refractivity contribution in [2.45, 2.75) is 50.7 Å². The van der Waals surface area contributed by atoms with E-state index in [4.69, 9.17) is 17.2 Å². The second-order valence-corrected chi connectivity index (χ2v) is 9.87. The Morgan fingerprint density at radius 1 is 0.930 bits per heavy atom. The molecule has 2 aromatic rings. The van der Waals surface area contributed by atoms with Gasteiger partial charge in [0.2, 0.25) is 23.6 Å². The summed E-state index contributed by atoms with van der Waals surface area (Å²) in [7, 11) is 1.61. The number of carbonyl (C=O) groups excluding carboxylic acids is 4. The molecule has 4 amide bonds. The average molecular weight is 601 g/mol. The minimum atomic E-state index is -1.02. The fourth-order valence-electron chi connectivity index (χ4n) is 4.40. The highest BCUT2D eigenvalue weighted by atomic mass is 19.1. The topological polar surface area (TPSA) is 218 Å². The maximum Gasteiger partial charge on any atom is 0.243 e. The van der Waals surface area contributed by atoms with Crippen molar-refractivity contribution in [2.24, 2.45) is 22.2 Å². The summed E-state index contributed by atoms with van der Waals surface area (Å²) < 4.78 is 13.3. The molecule has 0 aliphatic heterocycles. The Morgan fingerprint density at radius 2 is 1.53 bits per heavy atom.